The molecule has 0 radical (unpaired) electrons. The van der Waals surface area contributed by atoms with Crippen LogP contribution in [0.25, 0.3) is 0 Å². The van der Waals surface area contributed by atoms with Crippen molar-refractivity contribution in [2.45, 2.75) is 44.2 Å². The standard InChI is InChI=1S/C12H21NOS/c1-8(2)10(4)15-12(9(3)13)11-6-5-7-14-11/h5-10,12H,13H2,1-4H3. The summed E-state index contributed by atoms with van der Waals surface area (Å²) in [7, 11) is 0. The van der Waals surface area contributed by atoms with E-state index in [2.05, 4.69) is 20.8 Å². The van der Waals surface area contributed by atoms with Crippen LogP contribution in [0.1, 0.15) is 38.7 Å². The second-order valence-corrected chi connectivity index (χ2v) is 5.90. The van der Waals surface area contributed by atoms with Gasteiger partial charge in [-0.1, -0.05) is 20.8 Å². The molecule has 0 aromatic carbocycles. The van der Waals surface area contributed by atoms with E-state index in [4.69, 9.17) is 10.2 Å². The fourth-order valence-electron chi connectivity index (χ4n) is 1.29. The summed E-state index contributed by atoms with van der Waals surface area (Å²) in [5.41, 5.74) is 6.00. The Labute approximate surface area is 96.6 Å². The van der Waals surface area contributed by atoms with E-state index >= 15 is 0 Å². The zero-order valence-corrected chi connectivity index (χ0v) is 10.8. The molecule has 2 nitrogen and oxygen atoms in total. The van der Waals surface area contributed by atoms with Gasteiger partial charge in [0.15, 0.2) is 0 Å². The van der Waals surface area contributed by atoms with Crippen molar-refractivity contribution in [2.75, 3.05) is 0 Å². The van der Waals surface area contributed by atoms with Crippen LogP contribution in [0.4, 0.5) is 0 Å². The number of thioether (sulfide) groups is 1. The van der Waals surface area contributed by atoms with Crippen molar-refractivity contribution in [3.63, 3.8) is 0 Å². The predicted octanol–water partition coefficient (Wildman–Crippen LogP) is 3.45. The molecule has 0 saturated carbocycles. The van der Waals surface area contributed by atoms with Crippen LogP contribution in [0.3, 0.4) is 0 Å². The van der Waals surface area contributed by atoms with Crippen molar-refractivity contribution in [2.24, 2.45) is 11.7 Å². The van der Waals surface area contributed by atoms with Gasteiger partial charge >= 0.3 is 0 Å². The van der Waals surface area contributed by atoms with E-state index in [-0.39, 0.29) is 11.3 Å². The van der Waals surface area contributed by atoms with Crippen molar-refractivity contribution in [3.05, 3.63) is 24.2 Å². The highest BCUT2D eigenvalue weighted by Crippen LogP contribution is 2.36. The summed E-state index contributed by atoms with van der Waals surface area (Å²) in [5.74, 6) is 1.65. The first-order chi connectivity index (χ1) is 7.02. The van der Waals surface area contributed by atoms with Gasteiger partial charge in [-0.15, -0.1) is 11.8 Å². The number of furan rings is 1. The van der Waals surface area contributed by atoms with E-state index in [1.807, 2.05) is 30.8 Å². The molecular formula is C12H21NOS. The average Bonchev–Trinajstić information content (AvgIpc) is 2.65. The fourth-order valence-corrected chi connectivity index (χ4v) is 2.58. The quantitative estimate of drug-likeness (QED) is 0.837. The summed E-state index contributed by atoms with van der Waals surface area (Å²) >= 11 is 1.90. The first-order valence-electron chi connectivity index (χ1n) is 5.46. The minimum atomic E-state index is 0.113. The monoisotopic (exact) mass is 227 g/mol. The summed E-state index contributed by atoms with van der Waals surface area (Å²) in [4.78, 5) is 0. The molecular weight excluding hydrogens is 206 g/mol. The van der Waals surface area contributed by atoms with E-state index in [0.29, 0.717) is 11.2 Å². The lowest BCUT2D eigenvalue weighted by Gasteiger charge is -2.24. The van der Waals surface area contributed by atoms with Gasteiger partial charge in [0.05, 0.1) is 11.5 Å². The van der Waals surface area contributed by atoms with E-state index < -0.39 is 0 Å². The summed E-state index contributed by atoms with van der Waals surface area (Å²) in [6.45, 7) is 8.75. The van der Waals surface area contributed by atoms with Crippen molar-refractivity contribution in [1.82, 2.24) is 0 Å². The van der Waals surface area contributed by atoms with Crippen molar-refractivity contribution in [3.8, 4) is 0 Å². The van der Waals surface area contributed by atoms with E-state index in [1.165, 1.54) is 0 Å². The van der Waals surface area contributed by atoms with Gasteiger partial charge in [-0.2, -0.15) is 0 Å². The molecule has 0 spiro atoms. The first kappa shape index (κ1) is 12.7. The van der Waals surface area contributed by atoms with Crippen molar-refractivity contribution in [1.29, 1.82) is 0 Å². The third-order valence-corrected chi connectivity index (χ3v) is 4.53. The second kappa shape index (κ2) is 5.61. The first-order valence-corrected chi connectivity index (χ1v) is 6.41. The smallest absolute Gasteiger partial charge is 0.118 e. The molecule has 0 amide bonds. The van der Waals surface area contributed by atoms with E-state index in [0.717, 1.165) is 5.76 Å². The third kappa shape index (κ3) is 3.58. The van der Waals surface area contributed by atoms with Crippen molar-refractivity contribution < 1.29 is 4.42 Å². The molecule has 1 aromatic heterocycles. The Balaban J connectivity index is 2.68. The topological polar surface area (TPSA) is 39.2 Å². The van der Waals surface area contributed by atoms with Gasteiger partial charge in [0.2, 0.25) is 0 Å². The summed E-state index contributed by atoms with van der Waals surface area (Å²) in [6, 6.07) is 4.04. The van der Waals surface area contributed by atoms with Gasteiger partial charge in [-0.3, -0.25) is 0 Å². The van der Waals surface area contributed by atoms with E-state index in [9.17, 15) is 0 Å². The zero-order chi connectivity index (χ0) is 11.4. The Morgan fingerprint density at radius 3 is 2.33 bits per heavy atom. The molecule has 15 heavy (non-hydrogen) atoms. The average molecular weight is 227 g/mol. The largest absolute Gasteiger partial charge is 0.468 e. The van der Waals surface area contributed by atoms with Gasteiger partial charge in [0.25, 0.3) is 0 Å². The number of hydrogen-bond donors (Lipinski definition) is 1. The molecule has 0 aliphatic heterocycles. The molecule has 1 heterocycles. The lowest BCUT2D eigenvalue weighted by molar-refractivity contribution is 0.484. The van der Waals surface area contributed by atoms with Crippen LogP contribution in [0.15, 0.2) is 22.8 Å². The Morgan fingerprint density at radius 2 is 1.93 bits per heavy atom. The third-order valence-electron chi connectivity index (χ3n) is 2.60. The maximum absolute atomic E-state index is 6.00. The Hall–Kier alpha value is -0.410. The van der Waals surface area contributed by atoms with Crippen LogP contribution < -0.4 is 5.73 Å². The summed E-state index contributed by atoms with van der Waals surface area (Å²) in [6.07, 6.45) is 1.71. The molecule has 1 rings (SSSR count). The van der Waals surface area contributed by atoms with Gasteiger partial charge < -0.3 is 10.2 Å². The SMILES string of the molecule is CC(C)C(C)SC(c1ccco1)C(C)N. The van der Waals surface area contributed by atoms with Crippen molar-refractivity contribution >= 4 is 11.8 Å². The fraction of sp³-hybridized carbons (Fsp3) is 0.667. The van der Waals surface area contributed by atoms with Crippen LogP contribution in [-0.4, -0.2) is 11.3 Å². The Morgan fingerprint density at radius 1 is 1.27 bits per heavy atom. The van der Waals surface area contributed by atoms with Gasteiger partial charge in [-0.25, -0.2) is 0 Å². The lowest BCUT2D eigenvalue weighted by atomic mass is 10.1. The summed E-state index contributed by atoms with van der Waals surface area (Å²) < 4.78 is 5.44. The van der Waals surface area contributed by atoms with Gasteiger partial charge in [0, 0.05) is 11.3 Å². The maximum atomic E-state index is 6.00. The molecule has 3 unspecified atom stereocenters. The van der Waals surface area contributed by atoms with Crippen LogP contribution in [-0.2, 0) is 0 Å². The number of rotatable bonds is 5. The van der Waals surface area contributed by atoms with Crippen LogP contribution in [0.5, 0.6) is 0 Å². The van der Waals surface area contributed by atoms with Gasteiger partial charge in [-0.05, 0) is 25.0 Å². The van der Waals surface area contributed by atoms with Crippen LogP contribution in [0, 0.1) is 5.92 Å². The molecule has 0 fully saturated rings. The second-order valence-electron chi connectivity index (χ2n) is 4.38. The molecule has 2 N–H and O–H groups in total. The predicted molar refractivity (Wildman–Crippen MR) is 67.0 cm³/mol. The zero-order valence-electron chi connectivity index (χ0n) is 9.94. The van der Waals surface area contributed by atoms with Crippen LogP contribution >= 0.6 is 11.8 Å². The number of hydrogen-bond acceptors (Lipinski definition) is 3. The molecule has 0 aliphatic rings. The lowest BCUT2D eigenvalue weighted by Crippen LogP contribution is -2.24. The molecule has 3 atom stereocenters. The highest BCUT2D eigenvalue weighted by Gasteiger charge is 2.23. The van der Waals surface area contributed by atoms with E-state index in [1.54, 1.807) is 6.26 Å². The minimum absolute atomic E-state index is 0.113. The Kier molecular flexibility index (Phi) is 4.74. The highest BCUT2D eigenvalue weighted by atomic mass is 32.2. The highest BCUT2D eigenvalue weighted by molar-refractivity contribution is 8.00. The molecule has 86 valence electrons. The van der Waals surface area contributed by atoms with Gasteiger partial charge in [0.1, 0.15) is 5.76 Å². The normalized spacial score (nSPS) is 17.7. The minimum Gasteiger partial charge on any atom is -0.468 e. The molecule has 0 saturated heterocycles. The molecule has 3 heteroatoms. The Bertz CT molecular complexity index is 269. The molecule has 0 bridgehead atoms. The summed E-state index contributed by atoms with van der Waals surface area (Å²) in [5, 5.41) is 0.850. The van der Waals surface area contributed by atoms with Crippen LogP contribution in [0.2, 0.25) is 0 Å². The molecule has 0 aliphatic carbocycles. The maximum Gasteiger partial charge on any atom is 0.118 e. The molecule has 1 aromatic rings. The number of nitrogens with two attached hydrogens (primary N) is 1.